The van der Waals surface area contributed by atoms with Crippen molar-refractivity contribution in [1.82, 2.24) is 15.2 Å². The molecule has 0 atom stereocenters. The topological polar surface area (TPSA) is 70.3 Å². The highest BCUT2D eigenvalue weighted by molar-refractivity contribution is 7.98. The minimum atomic E-state index is 0.172. The van der Waals surface area contributed by atoms with Crippen LogP contribution in [0.1, 0.15) is 17.0 Å². The third kappa shape index (κ3) is 6.37. The Bertz CT molecular complexity index is 1120. The maximum Gasteiger partial charge on any atom is 0.277 e. The average Bonchev–Trinajstić information content (AvgIpc) is 3.25. The van der Waals surface area contributed by atoms with Gasteiger partial charge in [-0.1, -0.05) is 41.0 Å². The molecule has 2 aromatic heterocycles. The smallest absolute Gasteiger partial charge is 0.277 e. The molecular formula is C22H17Cl2N3O3S. The van der Waals surface area contributed by atoms with E-state index in [4.69, 9.17) is 37.1 Å². The first-order valence-electron chi connectivity index (χ1n) is 9.29. The van der Waals surface area contributed by atoms with E-state index in [1.165, 1.54) is 11.8 Å². The molecule has 6 nitrogen and oxygen atoms in total. The van der Waals surface area contributed by atoms with Crippen LogP contribution in [0.15, 0.2) is 76.6 Å². The maximum atomic E-state index is 6.18. The summed E-state index contributed by atoms with van der Waals surface area (Å²) in [6.07, 6.45) is 3.50. The van der Waals surface area contributed by atoms with Crippen molar-refractivity contribution in [2.75, 3.05) is 0 Å². The maximum absolute atomic E-state index is 6.18. The highest BCUT2D eigenvalue weighted by atomic mass is 35.5. The number of hydrogen-bond donors (Lipinski definition) is 0. The monoisotopic (exact) mass is 473 g/mol. The van der Waals surface area contributed by atoms with Gasteiger partial charge in [-0.05, 0) is 48.5 Å². The van der Waals surface area contributed by atoms with Gasteiger partial charge in [0.05, 0.1) is 0 Å². The Morgan fingerprint density at radius 3 is 2.55 bits per heavy atom. The molecule has 158 valence electrons. The second-order valence-electron chi connectivity index (χ2n) is 6.39. The molecule has 0 spiro atoms. The first kappa shape index (κ1) is 21.5. The van der Waals surface area contributed by atoms with Crippen molar-refractivity contribution in [2.24, 2.45) is 0 Å². The second kappa shape index (κ2) is 10.5. The number of pyridine rings is 1. The number of nitrogens with zero attached hydrogens (tertiary/aromatic N) is 3. The lowest BCUT2D eigenvalue weighted by Crippen LogP contribution is -1.98. The van der Waals surface area contributed by atoms with Gasteiger partial charge in [-0.25, -0.2) is 0 Å². The third-order valence-electron chi connectivity index (χ3n) is 4.12. The van der Waals surface area contributed by atoms with E-state index in [1.54, 1.807) is 42.7 Å². The quantitative estimate of drug-likeness (QED) is 0.267. The molecule has 0 N–H and O–H groups in total. The Balaban J connectivity index is 1.34. The van der Waals surface area contributed by atoms with Crippen molar-refractivity contribution >= 4 is 35.0 Å². The summed E-state index contributed by atoms with van der Waals surface area (Å²) in [7, 11) is 0. The van der Waals surface area contributed by atoms with Gasteiger partial charge in [0.25, 0.3) is 11.1 Å². The zero-order valence-electron chi connectivity index (χ0n) is 16.2. The normalized spacial score (nSPS) is 10.8. The largest absolute Gasteiger partial charge is 0.489 e. The molecule has 0 saturated carbocycles. The van der Waals surface area contributed by atoms with Crippen molar-refractivity contribution < 1.29 is 13.9 Å². The van der Waals surface area contributed by atoms with Gasteiger partial charge in [0.2, 0.25) is 0 Å². The fraction of sp³-hybridized carbons (Fsp3) is 0.136. The molecule has 0 aliphatic rings. The van der Waals surface area contributed by atoms with Crippen LogP contribution in [0, 0.1) is 0 Å². The lowest BCUT2D eigenvalue weighted by molar-refractivity contribution is 0.252. The van der Waals surface area contributed by atoms with E-state index < -0.39 is 0 Å². The van der Waals surface area contributed by atoms with E-state index in [2.05, 4.69) is 15.2 Å². The van der Waals surface area contributed by atoms with Crippen molar-refractivity contribution in [3.8, 4) is 11.5 Å². The van der Waals surface area contributed by atoms with Crippen LogP contribution in [0.5, 0.6) is 11.5 Å². The number of rotatable bonds is 9. The molecule has 0 radical (unpaired) electrons. The van der Waals surface area contributed by atoms with Gasteiger partial charge in [-0.2, -0.15) is 0 Å². The molecule has 2 heterocycles. The van der Waals surface area contributed by atoms with Crippen LogP contribution in [0.3, 0.4) is 0 Å². The summed E-state index contributed by atoms with van der Waals surface area (Å²) in [5.41, 5.74) is 1.91. The summed E-state index contributed by atoms with van der Waals surface area (Å²) in [6.45, 7) is 0.589. The fourth-order valence-electron chi connectivity index (χ4n) is 2.62. The first-order chi connectivity index (χ1) is 15.2. The van der Waals surface area contributed by atoms with Gasteiger partial charge in [0.15, 0.2) is 6.61 Å². The molecule has 0 aliphatic heterocycles. The van der Waals surface area contributed by atoms with Crippen LogP contribution in [0.2, 0.25) is 10.0 Å². The lowest BCUT2D eigenvalue weighted by atomic mass is 10.2. The second-order valence-corrected chi connectivity index (χ2v) is 8.19. The van der Waals surface area contributed by atoms with Crippen molar-refractivity contribution in [2.45, 2.75) is 24.2 Å². The summed E-state index contributed by atoms with van der Waals surface area (Å²) >= 11 is 13.4. The minimum Gasteiger partial charge on any atom is -0.489 e. The molecule has 2 aromatic carbocycles. The van der Waals surface area contributed by atoms with Gasteiger partial charge in [0, 0.05) is 39.3 Å². The molecule has 0 unspecified atom stereocenters. The highest BCUT2D eigenvalue weighted by Gasteiger charge is 2.11. The molecule has 4 rings (SSSR count). The SMILES string of the molecule is Clc1ccc(OCc2nnc(SCc3cc(Cl)ccc3OCc3cccnc3)o2)cc1. The number of aromatic nitrogens is 3. The van der Waals surface area contributed by atoms with Crippen LogP contribution >= 0.6 is 35.0 Å². The standard InChI is InChI=1S/C22H17Cl2N3O3S/c23-17-3-6-19(7-4-17)28-13-21-26-27-22(30-21)31-14-16-10-18(24)5-8-20(16)29-12-15-2-1-9-25-11-15/h1-11H,12-14H2. The highest BCUT2D eigenvalue weighted by Crippen LogP contribution is 2.30. The van der Waals surface area contributed by atoms with E-state index in [9.17, 15) is 0 Å². The molecule has 0 amide bonds. The van der Waals surface area contributed by atoms with Crippen LogP contribution < -0.4 is 9.47 Å². The summed E-state index contributed by atoms with van der Waals surface area (Å²) in [5.74, 6) is 2.36. The number of thioether (sulfide) groups is 1. The molecule has 4 aromatic rings. The Labute approximate surface area is 193 Å². The lowest BCUT2D eigenvalue weighted by Gasteiger charge is -2.11. The fourth-order valence-corrected chi connectivity index (χ4v) is 3.70. The van der Waals surface area contributed by atoms with Gasteiger partial charge in [0.1, 0.15) is 18.1 Å². The number of benzene rings is 2. The Morgan fingerprint density at radius 2 is 1.74 bits per heavy atom. The first-order valence-corrected chi connectivity index (χ1v) is 11.0. The Hall–Kier alpha value is -2.74. The average molecular weight is 474 g/mol. The van der Waals surface area contributed by atoms with E-state index in [0.29, 0.717) is 39.3 Å². The van der Waals surface area contributed by atoms with Gasteiger partial charge in [-0.15, -0.1) is 10.2 Å². The zero-order valence-corrected chi connectivity index (χ0v) is 18.5. The number of hydrogen-bond acceptors (Lipinski definition) is 7. The molecule has 0 aliphatic carbocycles. The van der Waals surface area contributed by atoms with Gasteiger partial charge >= 0.3 is 0 Å². The van der Waals surface area contributed by atoms with E-state index in [-0.39, 0.29) is 6.61 Å². The molecule has 0 fully saturated rings. The van der Waals surface area contributed by atoms with Crippen molar-refractivity contribution in [3.63, 3.8) is 0 Å². The minimum absolute atomic E-state index is 0.172. The van der Waals surface area contributed by atoms with Gasteiger partial charge in [-0.3, -0.25) is 4.98 Å². The number of ether oxygens (including phenoxy) is 2. The van der Waals surface area contributed by atoms with Crippen LogP contribution in [0.4, 0.5) is 0 Å². The molecule has 9 heteroatoms. The predicted octanol–water partition coefficient (Wildman–Crippen LogP) is 6.22. The summed E-state index contributed by atoms with van der Waals surface area (Å²) in [4.78, 5) is 4.10. The van der Waals surface area contributed by atoms with Crippen molar-refractivity contribution in [3.05, 3.63) is 94.1 Å². The zero-order chi connectivity index (χ0) is 21.5. The van der Waals surface area contributed by atoms with E-state index >= 15 is 0 Å². The van der Waals surface area contributed by atoms with Crippen LogP contribution in [-0.4, -0.2) is 15.2 Å². The Kier molecular flexibility index (Phi) is 7.30. The predicted molar refractivity (Wildman–Crippen MR) is 120 cm³/mol. The van der Waals surface area contributed by atoms with Gasteiger partial charge < -0.3 is 13.9 Å². The molecule has 0 bridgehead atoms. The van der Waals surface area contributed by atoms with Crippen LogP contribution in [0.25, 0.3) is 0 Å². The van der Waals surface area contributed by atoms with E-state index in [0.717, 1.165) is 16.9 Å². The molecule has 31 heavy (non-hydrogen) atoms. The summed E-state index contributed by atoms with van der Waals surface area (Å²) in [6, 6.07) is 16.4. The molecular weight excluding hydrogens is 457 g/mol. The summed E-state index contributed by atoms with van der Waals surface area (Å²) < 4.78 is 17.2. The summed E-state index contributed by atoms with van der Waals surface area (Å²) in [5, 5.41) is 9.81. The van der Waals surface area contributed by atoms with Crippen molar-refractivity contribution in [1.29, 1.82) is 0 Å². The third-order valence-corrected chi connectivity index (χ3v) is 5.47. The van der Waals surface area contributed by atoms with Crippen LogP contribution in [-0.2, 0) is 19.0 Å². The molecule has 0 saturated heterocycles. The van der Waals surface area contributed by atoms with E-state index in [1.807, 2.05) is 24.3 Å². The Morgan fingerprint density at radius 1 is 0.903 bits per heavy atom. The number of halogens is 2.